The number of para-hydroxylation sites is 1. The molecule has 0 bridgehead atoms. The van der Waals surface area contributed by atoms with Gasteiger partial charge in [0.2, 0.25) is 5.95 Å². The van der Waals surface area contributed by atoms with Crippen LogP contribution in [0.15, 0.2) is 42.7 Å². The van der Waals surface area contributed by atoms with E-state index >= 15 is 0 Å². The molecule has 0 aliphatic carbocycles. The van der Waals surface area contributed by atoms with Crippen molar-refractivity contribution in [2.24, 2.45) is 0 Å². The van der Waals surface area contributed by atoms with Crippen molar-refractivity contribution in [2.45, 2.75) is 5.92 Å². The Balaban J connectivity index is 1.86. The second-order valence-electron chi connectivity index (χ2n) is 4.56. The third-order valence-electron chi connectivity index (χ3n) is 3.30. The zero-order chi connectivity index (χ0) is 14.8. The molecule has 0 fully saturated rings. The van der Waals surface area contributed by atoms with Crippen molar-refractivity contribution in [2.75, 3.05) is 16.8 Å². The lowest BCUT2D eigenvalue weighted by atomic mass is 10.0. The Bertz CT molecular complexity index is 690. The van der Waals surface area contributed by atoms with E-state index in [1.54, 1.807) is 30.3 Å². The molecule has 7 nitrogen and oxygen atoms in total. The number of carbonyl (C=O) groups excluding carboxylic acids is 1. The number of carbonyl (C=O) groups is 2. The first-order valence-corrected chi connectivity index (χ1v) is 6.34. The lowest BCUT2D eigenvalue weighted by Gasteiger charge is -2.17. The average Bonchev–Trinajstić information content (AvgIpc) is 2.88. The number of nitrogens with zero attached hydrogens (tertiary/aromatic N) is 3. The van der Waals surface area contributed by atoms with Crippen molar-refractivity contribution in [3.05, 3.63) is 48.3 Å². The molecule has 0 radical (unpaired) electrons. The molecule has 0 saturated heterocycles. The molecule has 106 valence electrons. The van der Waals surface area contributed by atoms with Crippen LogP contribution in [0.5, 0.6) is 0 Å². The molecule has 0 spiro atoms. The van der Waals surface area contributed by atoms with Crippen molar-refractivity contribution in [3.8, 4) is 0 Å². The molecule has 1 aliphatic heterocycles. The van der Waals surface area contributed by atoms with E-state index in [1.807, 2.05) is 0 Å². The van der Waals surface area contributed by atoms with Crippen molar-refractivity contribution in [3.63, 3.8) is 0 Å². The van der Waals surface area contributed by atoms with Crippen LogP contribution in [0.3, 0.4) is 0 Å². The third-order valence-corrected chi connectivity index (χ3v) is 3.30. The van der Waals surface area contributed by atoms with Crippen LogP contribution >= 0.6 is 0 Å². The zero-order valence-corrected chi connectivity index (χ0v) is 10.9. The van der Waals surface area contributed by atoms with Crippen LogP contribution in [0.4, 0.5) is 16.4 Å². The minimum absolute atomic E-state index is 0.0906. The lowest BCUT2D eigenvalue weighted by Crippen LogP contribution is -2.35. The molecule has 2 N–H and O–H groups in total. The Kier molecular flexibility index (Phi) is 3.23. The monoisotopic (exact) mass is 284 g/mol. The molecule has 1 aromatic carbocycles. The third kappa shape index (κ3) is 2.40. The van der Waals surface area contributed by atoms with Crippen LogP contribution in [0.1, 0.15) is 11.5 Å². The predicted octanol–water partition coefficient (Wildman–Crippen LogP) is 1.70. The number of hydrogen-bond acceptors (Lipinski definition) is 4. The smallest absolute Gasteiger partial charge is 0.328 e. The number of benzene rings is 1. The largest absolute Gasteiger partial charge is 0.481 e. The van der Waals surface area contributed by atoms with E-state index in [9.17, 15) is 14.7 Å². The number of fused-ring (bicyclic) bond motifs is 1. The highest BCUT2D eigenvalue weighted by Crippen LogP contribution is 2.36. The molecule has 1 unspecified atom stereocenters. The zero-order valence-electron chi connectivity index (χ0n) is 10.9. The molecule has 2 heterocycles. The number of aliphatic carboxylic acids is 1. The van der Waals surface area contributed by atoms with Gasteiger partial charge in [-0.25, -0.2) is 14.8 Å². The maximum atomic E-state index is 12.3. The fraction of sp³-hybridized carbons (Fsp3) is 0.143. The van der Waals surface area contributed by atoms with Gasteiger partial charge in [-0.2, -0.15) is 0 Å². The number of urea groups is 1. The number of hydrogen-bond donors (Lipinski definition) is 2. The molecule has 1 aromatic heterocycles. The minimum atomic E-state index is -0.950. The Morgan fingerprint density at radius 1 is 1.19 bits per heavy atom. The fourth-order valence-electron chi connectivity index (χ4n) is 2.34. The van der Waals surface area contributed by atoms with Gasteiger partial charge in [0.25, 0.3) is 0 Å². The molecule has 2 aromatic rings. The molecular formula is C14H12N4O3. The quantitative estimate of drug-likeness (QED) is 0.875. The first-order valence-electron chi connectivity index (χ1n) is 6.34. The molecule has 1 aliphatic rings. The van der Waals surface area contributed by atoms with Crippen LogP contribution in [0.2, 0.25) is 0 Å². The summed E-state index contributed by atoms with van der Waals surface area (Å²) < 4.78 is 0. The number of carboxylic acid groups (broad SMARTS) is 1. The molecule has 1 atom stereocenters. The van der Waals surface area contributed by atoms with Gasteiger partial charge in [0.15, 0.2) is 0 Å². The van der Waals surface area contributed by atoms with Crippen LogP contribution in [-0.2, 0) is 4.79 Å². The summed E-state index contributed by atoms with van der Waals surface area (Å²) >= 11 is 0. The number of amides is 2. The predicted molar refractivity (Wildman–Crippen MR) is 75.2 cm³/mol. The van der Waals surface area contributed by atoms with Crippen LogP contribution < -0.4 is 10.2 Å². The number of anilines is 2. The van der Waals surface area contributed by atoms with Gasteiger partial charge < -0.3 is 5.11 Å². The summed E-state index contributed by atoms with van der Waals surface area (Å²) in [5, 5.41) is 11.8. The average molecular weight is 284 g/mol. The summed E-state index contributed by atoms with van der Waals surface area (Å²) in [4.78, 5) is 32.8. The van der Waals surface area contributed by atoms with Crippen LogP contribution in [0.25, 0.3) is 0 Å². The summed E-state index contributed by atoms with van der Waals surface area (Å²) in [5.74, 6) is -1.49. The van der Waals surface area contributed by atoms with Gasteiger partial charge in [0.05, 0.1) is 0 Å². The normalized spacial score (nSPS) is 16.4. The van der Waals surface area contributed by atoms with Gasteiger partial charge in [-0.15, -0.1) is 0 Å². The summed E-state index contributed by atoms with van der Waals surface area (Å²) in [6.45, 7) is 0.0906. The van der Waals surface area contributed by atoms with Gasteiger partial charge in [-0.05, 0) is 17.7 Å². The Morgan fingerprint density at radius 2 is 1.90 bits per heavy atom. The van der Waals surface area contributed by atoms with E-state index in [0.29, 0.717) is 11.3 Å². The molecule has 3 rings (SSSR count). The minimum Gasteiger partial charge on any atom is -0.481 e. The van der Waals surface area contributed by atoms with E-state index in [0.717, 1.165) is 0 Å². The SMILES string of the molecule is O=C(O)C1CN(C(=O)Nc2ncccn2)c2ccccc21. The van der Waals surface area contributed by atoms with E-state index < -0.39 is 17.9 Å². The van der Waals surface area contributed by atoms with Crippen molar-refractivity contribution < 1.29 is 14.7 Å². The second kappa shape index (κ2) is 5.20. The highest BCUT2D eigenvalue weighted by atomic mass is 16.4. The maximum Gasteiger partial charge on any atom is 0.328 e. The number of carboxylic acids is 1. The summed E-state index contributed by atoms with van der Waals surface area (Å²) in [6, 6.07) is 8.17. The van der Waals surface area contributed by atoms with E-state index in [-0.39, 0.29) is 12.5 Å². The number of rotatable bonds is 2. The van der Waals surface area contributed by atoms with E-state index in [1.165, 1.54) is 17.3 Å². The van der Waals surface area contributed by atoms with Gasteiger partial charge in [0.1, 0.15) is 5.92 Å². The first kappa shape index (κ1) is 13.0. The van der Waals surface area contributed by atoms with Crippen LogP contribution in [0, 0.1) is 0 Å². The Labute approximate surface area is 120 Å². The standard InChI is InChI=1S/C14H12N4O3/c19-12(20)10-8-18(11-5-2-1-4-9(10)11)14(21)17-13-15-6-3-7-16-13/h1-7,10H,8H2,(H,19,20)(H,15,16,17,21). The topological polar surface area (TPSA) is 95.4 Å². The number of aromatic nitrogens is 2. The Morgan fingerprint density at radius 3 is 2.62 bits per heavy atom. The number of nitrogens with one attached hydrogen (secondary N) is 1. The molecule has 2 amide bonds. The van der Waals surface area contributed by atoms with E-state index in [4.69, 9.17) is 0 Å². The lowest BCUT2D eigenvalue weighted by molar-refractivity contribution is -0.138. The van der Waals surface area contributed by atoms with Gasteiger partial charge in [0, 0.05) is 24.6 Å². The summed E-state index contributed by atoms with van der Waals surface area (Å²) in [6.07, 6.45) is 3.03. The summed E-state index contributed by atoms with van der Waals surface area (Å²) in [5.41, 5.74) is 1.23. The van der Waals surface area contributed by atoms with E-state index in [2.05, 4.69) is 15.3 Å². The highest BCUT2D eigenvalue weighted by Gasteiger charge is 2.36. The second-order valence-corrected chi connectivity index (χ2v) is 4.56. The van der Waals surface area contributed by atoms with Crippen molar-refractivity contribution in [1.82, 2.24) is 9.97 Å². The van der Waals surface area contributed by atoms with Gasteiger partial charge in [-0.1, -0.05) is 18.2 Å². The maximum absolute atomic E-state index is 12.3. The van der Waals surface area contributed by atoms with Gasteiger partial charge >= 0.3 is 12.0 Å². The first-order chi connectivity index (χ1) is 10.2. The van der Waals surface area contributed by atoms with Crippen LogP contribution in [-0.4, -0.2) is 33.6 Å². The van der Waals surface area contributed by atoms with Crippen molar-refractivity contribution >= 4 is 23.6 Å². The highest BCUT2D eigenvalue weighted by molar-refractivity contribution is 6.04. The van der Waals surface area contributed by atoms with Gasteiger partial charge in [-0.3, -0.25) is 15.0 Å². The fourth-order valence-corrected chi connectivity index (χ4v) is 2.34. The summed E-state index contributed by atoms with van der Waals surface area (Å²) in [7, 11) is 0. The Hall–Kier alpha value is -2.96. The molecular weight excluding hydrogens is 272 g/mol. The molecule has 21 heavy (non-hydrogen) atoms. The van der Waals surface area contributed by atoms with Crippen molar-refractivity contribution in [1.29, 1.82) is 0 Å². The molecule has 7 heteroatoms. The molecule has 0 saturated carbocycles.